The van der Waals surface area contributed by atoms with Gasteiger partial charge in [-0.1, -0.05) is 6.92 Å². The zero-order valence-electron chi connectivity index (χ0n) is 19.0. The van der Waals surface area contributed by atoms with Crippen molar-refractivity contribution < 1.29 is 23.9 Å². The van der Waals surface area contributed by atoms with Crippen LogP contribution in [-0.2, 0) is 27.1 Å². The molecular weight excluding hydrogens is 442 g/mol. The van der Waals surface area contributed by atoms with Gasteiger partial charge < -0.3 is 19.7 Å². The molecule has 0 aromatic carbocycles. The number of hydrogen-bond acceptors (Lipinski definition) is 8. The number of fused-ring (bicyclic) bond motifs is 1. The summed E-state index contributed by atoms with van der Waals surface area (Å²) in [5.74, 6) is -0.398. The Morgan fingerprint density at radius 1 is 1.21 bits per heavy atom. The number of anilines is 2. The molecule has 3 heterocycles. The summed E-state index contributed by atoms with van der Waals surface area (Å²) in [5.41, 5.74) is 1.75. The number of amides is 1. The molecule has 0 spiro atoms. The molecule has 1 fully saturated rings. The van der Waals surface area contributed by atoms with Crippen LogP contribution in [0.2, 0.25) is 0 Å². The Balaban J connectivity index is 1.44. The van der Waals surface area contributed by atoms with Gasteiger partial charge in [-0.05, 0) is 62.6 Å². The summed E-state index contributed by atoms with van der Waals surface area (Å²) in [6.07, 6.45) is 6.41. The molecule has 1 saturated heterocycles. The first-order valence-corrected chi connectivity index (χ1v) is 12.3. The minimum Gasteiger partial charge on any atom is -0.462 e. The molecule has 1 aliphatic carbocycles. The van der Waals surface area contributed by atoms with Gasteiger partial charge in [0.15, 0.2) is 6.61 Å². The van der Waals surface area contributed by atoms with Crippen LogP contribution in [0.3, 0.4) is 0 Å². The lowest BCUT2D eigenvalue weighted by atomic mass is 9.88. The monoisotopic (exact) mass is 471 g/mol. The molecule has 2 aromatic rings. The lowest BCUT2D eigenvalue weighted by Gasteiger charge is -2.19. The van der Waals surface area contributed by atoms with Crippen molar-refractivity contribution in [3.63, 3.8) is 0 Å². The van der Waals surface area contributed by atoms with Crippen molar-refractivity contribution in [2.45, 2.75) is 46.0 Å². The topological polar surface area (TPSA) is 97.8 Å². The van der Waals surface area contributed by atoms with E-state index in [2.05, 4.69) is 22.1 Å². The number of nitrogens with zero attached hydrogens (tertiary/aromatic N) is 2. The van der Waals surface area contributed by atoms with Crippen molar-refractivity contribution in [3.8, 4) is 0 Å². The van der Waals surface area contributed by atoms with Gasteiger partial charge in [0.05, 0.1) is 12.2 Å². The highest BCUT2D eigenvalue weighted by Gasteiger charge is 2.29. The largest absolute Gasteiger partial charge is 0.462 e. The van der Waals surface area contributed by atoms with Gasteiger partial charge in [0.25, 0.3) is 5.91 Å². The first kappa shape index (κ1) is 23.2. The number of nitrogens with one attached hydrogen (secondary N) is 1. The Hall–Kier alpha value is -2.94. The van der Waals surface area contributed by atoms with Crippen LogP contribution < -0.4 is 10.2 Å². The summed E-state index contributed by atoms with van der Waals surface area (Å²) >= 11 is 1.41. The van der Waals surface area contributed by atoms with Crippen molar-refractivity contribution in [2.24, 2.45) is 5.92 Å². The fourth-order valence-electron chi connectivity index (χ4n) is 4.37. The van der Waals surface area contributed by atoms with Gasteiger partial charge in [-0.25, -0.2) is 14.6 Å². The van der Waals surface area contributed by atoms with Gasteiger partial charge in [0.1, 0.15) is 16.4 Å². The third-order valence-corrected chi connectivity index (χ3v) is 7.16. The van der Waals surface area contributed by atoms with Gasteiger partial charge in [-0.2, -0.15) is 0 Å². The van der Waals surface area contributed by atoms with E-state index in [1.54, 1.807) is 25.3 Å². The Labute approximate surface area is 197 Å². The molecule has 2 aromatic heterocycles. The van der Waals surface area contributed by atoms with Crippen LogP contribution in [0.4, 0.5) is 10.8 Å². The van der Waals surface area contributed by atoms with E-state index in [0.717, 1.165) is 55.6 Å². The maximum Gasteiger partial charge on any atom is 0.342 e. The van der Waals surface area contributed by atoms with Gasteiger partial charge >= 0.3 is 11.9 Å². The van der Waals surface area contributed by atoms with Crippen molar-refractivity contribution >= 4 is 40.0 Å². The maximum absolute atomic E-state index is 12.7. The molecule has 9 heteroatoms. The number of ether oxygens (including phenoxy) is 2. The fourth-order valence-corrected chi connectivity index (χ4v) is 5.78. The zero-order valence-corrected chi connectivity index (χ0v) is 19.8. The first-order chi connectivity index (χ1) is 16.0. The highest BCUT2D eigenvalue weighted by molar-refractivity contribution is 7.17. The van der Waals surface area contributed by atoms with Gasteiger partial charge in [-0.15, -0.1) is 11.3 Å². The summed E-state index contributed by atoms with van der Waals surface area (Å²) in [7, 11) is 0. The SMILES string of the molecule is CCOC(=O)c1c(NC(=O)COC(=O)c2cccnc2N2CCCC2)sc2c1CCC(C)C2. The van der Waals surface area contributed by atoms with E-state index >= 15 is 0 Å². The number of carbonyl (C=O) groups excluding carboxylic acids is 3. The maximum atomic E-state index is 12.7. The number of thiophene rings is 1. The highest BCUT2D eigenvalue weighted by atomic mass is 32.1. The van der Waals surface area contributed by atoms with Crippen molar-refractivity contribution in [3.05, 3.63) is 39.9 Å². The summed E-state index contributed by atoms with van der Waals surface area (Å²) < 4.78 is 10.5. The first-order valence-electron chi connectivity index (χ1n) is 11.5. The van der Waals surface area contributed by atoms with Crippen LogP contribution in [0.1, 0.15) is 64.3 Å². The standard InChI is InChI=1S/C24H29N3O5S/c1-3-31-24(30)20-16-9-8-15(2)13-18(16)33-22(20)26-19(28)14-32-23(29)17-7-6-10-25-21(17)27-11-4-5-12-27/h6-7,10,15H,3-5,8-9,11-14H2,1-2H3,(H,26,28). The fraction of sp³-hybridized carbons (Fsp3) is 0.500. The van der Waals surface area contributed by atoms with E-state index in [9.17, 15) is 14.4 Å². The average molecular weight is 472 g/mol. The predicted octanol–water partition coefficient (Wildman–Crippen LogP) is 3.84. The molecule has 0 saturated carbocycles. The number of carbonyl (C=O) groups is 3. The van der Waals surface area contributed by atoms with E-state index < -0.39 is 24.5 Å². The number of pyridine rings is 1. The normalized spacial score (nSPS) is 17.4. The molecular formula is C24H29N3O5S. The molecule has 1 amide bonds. The lowest BCUT2D eigenvalue weighted by Crippen LogP contribution is -2.25. The van der Waals surface area contributed by atoms with E-state index in [-0.39, 0.29) is 6.61 Å². The molecule has 1 unspecified atom stereocenters. The molecule has 33 heavy (non-hydrogen) atoms. The minimum absolute atomic E-state index is 0.259. The summed E-state index contributed by atoms with van der Waals surface area (Å²) in [6, 6.07) is 3.34. The second-order valence-corrected chi connectivity index (χ2v) is 9.57. The Morgan fingerprint density at radius 2 is 2.00 bits per heavy atom. The van der Waals surface area contributed by atoms with E-state index in [0.29, 0.717) is 27.9 Å². The van der Waals surface area contributed by atoms with Crippen LogP contribution in [0.25, 0.3) is 0 Å². The summed E-state index contributed by atoms with van der Waals surface area (Å²) in [4.78, 5) is 45.5. The molecule has 1 N–H and O–H groups in total. The molecule has 0 radical (unpaired) electrons. The van der Waals surface area contributed by atoms with E-state index in [1.165, 1.54) is 11.3 Å². The predicted molar refractivity (Wildman–Crippen MR) is 126 cm³/mol. The van der Waals surface area contributed by atoms with Gasteiger partial charge in [0.2, 0.25) is 0 Å². The molecule has 4 rings (SSSR count). The Bertz CT molecular complexity index is 1040. The third kappa shape index (κ3) is 5.19. The van der Waals surface area contributed by atoms with Crippen molar-refractivity contribution in [1.82, 2.24) is 4.98 Å². The Morgan fingerprint density at radius 3 is 2.76 bits per heavy atom. The number of aromatic nitrogens is 1. The van der Waals surface area contributed by atoms with E-state index in [1.807, 2.05) is 0 Å². The van der Waals surface area contributed by atoms with Gasteiger partial charge in [-0.3, -0.25) is 4.79 Å². The quantitative estimate of drug-likeness (QED) is 0.613. The number of hydrogen-bond donors (Lipinski definition) is 1. The zero-order chi connectivity index (χ0) is 23.4. The Kier molecular flexibility index (Phi) is 7.27. The van der Waals surface area contributed by atoms with Gasteiger partial charge in [0, 0.05) is 24.2 Å². The highest BCUT2D eigenvalue weighted by Crippen LogP contribution is 2.40. The third-order valence-electron chi connectivity index (χ3n) is 5.99. The van der Waals surface area contributed by atoms with Crippen LogP contribution in [0.15, 0.2) is 18.3 Å². The molecule has 1 aliphatic heterocycles. The van der Waals surface area contributed by atoms with Crippen LogP contribution in [0.5, 0.6) is 0 Å². The second kappa shape index (κ2) is 10.3. The molecule has 2 aliphatic rings. The van der Waals surface area contributed by atoms with Crippen molar-refractivity contribution in [1.29, 1.82) is 0 Å². The smallest absolute Gasteiger partial charge is 0.342 e. The number of rotatable bonds is 7. The lowest BCUT2D eigenvalue weighted by molar-refractivity contribution is -0.119. The minimum atomic E-state index is -0.593. The van der Waals surface area contributed by atoms with Crippen LogP contribution in [-0.4, -0.2) is 49.1 Å². The van der Waals surface area contributed by atoms with Crippen LogP contribution in [0, 0.1) is 5.92 Å². The summed E-state index contributed by atoms with van der Waals surface area (Å²) in [5, 5.41) is 3.24. The summed E-state index contributed by atoms with van der Waals surface area (Å²) in [6.45, 7) is 5.43. The van der Waals surface area contributed by atoms with Crippen LogP contribution >= 0.6 is 11.3 Å². The van der Waals surface area contributed by atoms with Crippen molar-refractivity contribution in [2.75, 3.05) is 36.5 Å². The molecule has 176 valence electrons. The number of esters is 2. The van der Waals surface area contributed by atoms with E-state index in [4.69, 9.17) is 9.47 Å². The molecule has 0 bridgehead atoms. The average Bonchev–Trinajstić information content (AvgIpc) is 3.45. The molecule has 1 atom stereocenters. The molecule has 8 nitrogen and oxygen atoms in total. The second-order valence-electron chi connectivity index (χ2n) is 8.47.